The summed E-state index contributed by atoms with van der Waals surface area (Å²) in [5, 5.41) is 4.34. The topological polar surface area (TPSA) is 77.7 Å². The smallest absolute Gasteiger partial charge is 0.322 e. The highest BCUT2D eigenvalue weighted by molar-refractivity contribution is 6.33. The molecule has 0 spiro atoms. The summed E-state index contributed by atoms with van der Waals surface area (Å²) in [5.41, 5.74) is 3.89. The molecule has 2 amide bonds. The van der Waals surface area contributed by atoms with Gasteiger partial charge in [-0.25, -0.2) is 4.79 Å². The van der Waals surface area contributed by atoms with Gasteiger partial charge in [0.05, 0.1) is 30.5 Å². The molecule has 4 rings (SSSR count). The Morgan fingerprint density at radius 2 is 1.94 bits per heavy atom. The number of nitrogens with one attached hydrogen (secondary N) is 2. The van der Waals surface area contributed by atoms with E-state index in [4.69, 9.17) is 16.3 Å². The number of carbonyl (C=O) groups is 1. The van der Waals surface area contributed by atoms with Crippen molar-refractivity contribution in [3.05, 3.63) is 74.5 Å². The zero-order chi connectivity index (χ0) is 23.4. The molecule has 33 heavy (non-hydrogen) atoms. The molecule has 3 aromatic rings. The molecule has 0 unspecified atom stereocenters. The summed E-state index contributed by atoms with van der Waals surface area (Å²) >= 11 is 6.24. The average molecular weight is 469 g/mol. The number of H-pyrrole nitrogens is 1. The van der Waals surface area contributed by atoms with Gasteiger partial charge in [-0.3, -0.25) is 9.69 Å². The molecule has 1 aromatic heterocycles. The second-order valence-electron chi connectivity index (χ2n) is 8.45. The Bertz CT molecular complexity index is 1200. The van der Waals surface area contributed by atoms with Gasteiger partial charge in [-0.05, 0) is 49.2 Å². The molecule has 0 aliphatic carbocycles. The van der Waals surface area contributed by atoms with E-state index in [1.165, 1.54) is 0 Å². The summed E-state index contributed by atoms with van der Waals surface area (Å²) in [4.78, 5) is 33.0. The second kappa shape index (κ2) is 10.4. The van der Waals surface area contributed by atoms with Crippen LogP contribution in [0.2, 0.25) is 5.02 Å². The molecule has 0 saturated carbocycles. The maximum atomic E-state index is 13.2. The van der Waals surface area contributed by atoms with E-state index < -0.39 is 0 Å². The van der Waals surface area contributed by atoms with Crippen LogP contribution in [0.4, 0.5) is 10.5 Å². The van der Waals surface area contributed by atoms with Crippen molar-refractivity contribution in [2.24, 2.45) is 0 Å². The van der Waals surface area contributed by atoms with Crippen molar-refractivity contribution < 1.29 is 9.53 Å². The summed E-state index contributed by atoms with van der Waals surface area (Å²) in [6, 6.07) is 12.8. The first-order valence-electron chi connectivity index (χ1n) is 11.1. The number of morpholine rings is 1. The van der Waals surface area contributed by atoms with Crippen molar-refractivity contribution in [1.29, 1.82) is 0 Å². The van der Waals surface area contributed by atoms with Gasteiger partial charge in [0, 0.05) is 42.6 Å². The number of hydrogen-bond donors (Lipinski definition) is 2. The molecule has 2 N–H and O–H groups in total. The molecule has 0 radical (unpaired) electrons. The number of nitrogens with zero attached hydrogens (tertiary/aromatic N) is 2. The monoisotopic (exact) mass is 468 g/mol. The van der Waals surface area contributed by atoms with Crippen LogP contribution >= 0.6 is 11.6 Å². The van der Waals surface area contributed by atoms with Gasteiger partial charge in [-0.1, -0.05) is 29.8 Å². The van der Waals surface area contributed by atoms with E-state index in [1.807, 2.05) is 38.1 Å². The van der Waals surface area contributed by atoms with Crippen LogP contribution in [0, 0.1) is 13.8 Å². The normalized spacial score (nSPS) is 14.4. The highest BCUT2D eigenvalue weighted by atomic mass is 35.5. The van der Waals surface area contributed by atoms with Crippen LogP contribution in [-0.4, -0.2) is 60.2 Å². The Balaban J connectivity index is 1.59. The summed E-state index contributed by atoms with van der Waals surface area (Å²) in [5.74, 6) is 0. The van der Waals surface area contributed by atoms with Crippen LogP contribution < -0.4 is 10.9 Å². The molecule has 7 nitrogen and oxygen atoms in total. The number of amides is 2. The number of pyridine rings is 1. The Hall–Kier alpha value is -2.87. The molecule has 2 aromatic carbocycles. The van der Waals surface area contributed by atoms with Crippen LogP contribution in [0.1, 0.15) is 16.7 Å². The highest BCUT2D eigenvalue weighted by Gasteiger charge is 2.20. The lowest BCUT2D eigenvalue weighted by atomic mass is 10.0. The van der Waals surface area contributed by atoms with E-state index in [9.17, 15) is 9.59 Å². The van der Waals surface area contributed by atoms with Crippen molar-refractivity contribution >= 4 is 34.2 Å². The Labute approximate surface area is 198 Å². The maximum absolute atomic E-state index is 13.2. The van der Waals surface area contributed by atoms with Crippen LogP contribution in [0.3, 0.4) is 0 Å². The molecule has 8 heteroatoms. The van der Waals surface area contributed by atoms with Gasteiger partial charge in [-0.15, -0.1) is 0 Å². The first kappa shape index (κ1) is 23.3. The van der Waals surface area contributed by atoms with Crippen molar-refractivity contribution in [3.63, 3.8) is 0 Å². The molecular weight excluding hydrogens is 440 g/mol. The van der Waals surface area contributed by atoms with Crippen molar-refractivity contribution in [3.8, 4) is 0 Å². The van der Waals surface area contributed by atoms with E-state index in [-0.39, 0.29) is 18.1 Å². The lowest BCUT2D eigenvalue weighted by Crippen LogP contribution is -2.44. The Kier molecular flexibility index (Phi) is 7.33. The van der Waals surface area contributed by atoms with Gasteiger partial charge in [-0.2, -0.15) is 0 Å². The van der Waals surface area contributed by atoms with E-state index >= 15 is 0 Å². The molecule has 1 fully saturated rings. The first-order chi connectivity index (χ1) is 15.9. The zero-order valence-corrected chi connectivity index (χ0v) is 19.7. The van der Waals surface area contributed by atoms with Gasteiger partial charge in [0.2, 0.25) is 0 Å². The van der Waals surface area contributed by atoms with Crippen LogP contribution in [-0.2, 0) is 11.3 Å². The minimum Gasteiger partial charge on any atom is -0.379 e. The third-order valence-corrected chi connectivity index (χ3v) is 6.27. The maximum Gasteiger partial charge on any atom is 0.322 e. The molecule has 174 valence electrons. The molecule has 0 atom stereocenters. The summed E-state index contributed by atoms with van der Waals surface area (Å²) in [6.45, 7) is 8.43. The van der Waals surface area contributed by atoms with E-state index in [2.05, 4.69) is 21.3 Å². The number of aromatic amines is 1. The predicted molar refractivity (Wildman–Crippen MR) is 132 cm³/mol. The number of aromatic nitrogens is 1. The number of benzene rings is 2. The quantitative estimate of drug-likeness (QED) is 0.569. The number of rotatable bonds is 6. The number of ether oxygens (including phenoxy) is 1. The highest BCUT2D eigenvalue weighted by Crippen LogP contribution is 2.22. The number of para-hydroxylation sites is 1. The number of hydrogen-bond acceptors (Lipinski definition) is 4. The van der Waals surface area contributed by atoms with E-state index in [1.54, 1.807) is 17.0 Å². The van der Waals surface area contributed by atoms with Gasteiger partial charge in [0.15, 0.2) is 0 Å². The number of halogens is 1. The molecule has 1 aliphatic rings. The molecule has 2 heterocycles. The van der Waals surface area contributed by atoms with Crippen LogP contribution in [0.15, 0.2) is 47.3 Å². The number of fused-ring (bicyclic) bond motifs is 1. The van der Waals surface area contributed by atoms with Crippen LogP contribution in [0.5, 0.6) is 0 Å². The fourth-order valence-electron chi connectivity index (χ4n) is 4.14. The zero-order valence-electron chi connectivity index (χ0n) is 19.0. The molecule has 0 bridgehead atoms. The van der Waals surface area contributed by atoms with Crippen LogP contribution in [0.25, 0.3) is 10.9 Å². The van der Waals surface area contributed by atoms with E-state index in [0.29, 0.717) is 42.6 Å². The minimum atomic E-state index is -0.295. The number of carbonyl (C=O) groups excluding carboxylic acids is 1. The van der Waals surface area contributed by atoms with Gasteiger partial charge >= 0.3 is 6.03 Å². The summed E-state index contributed by atoms with van der Waals surface area (Å²) in [7, 11) is 0. The average Bonchev–Trinajstić information content (AvgIpc) is 2.79. The Morgan fingerprint density at radius 1 is 1.18 bits per heavy atom. The lowest BCUT2D eigenvalue weighted by molar-refractivity contribution is 0.0349. The lowest BCUT2D eigenvalue weighted by Gasteiger charge is -2.30. The third-order valence-electron chi connectivity index (χ3n) is 5.94. The van der Waals surface area contributed by atoms with Gasteiger partial charge in [0.1, 0.15) is 0 Å². The largest absolute Gasteiger partial charge is 0.379 e. The van der Waals surface area contributed by atoms with Crippen molar-refractivity contribution in [2.45, 2.75) is 20.4 Å². The van der Waals surface area contributed by atoms with Crippen molar-refractivity contribution in [1.82, 2.24) is 14.8 Å². The third kappa shape index (κ3) is 5.74. The number of urea groups is 1. The summed E-state index contributed by atoms with van der Waals surface area (Å²) < 4.78 is 5.42. The molecular formula is C25H29ClN4O3. The molecule has 1 saturated heterocycles. The van der Waals surface area contributed by atoms with Gasteiger partial charge in [0.25, 0.3) is 5.56 Å². The number of aryl methyl sites for hydroxylation is 2. The van der Waals surface area contributed by atoms with E-state index in [0.717, 1.165) is 35.1 Å². The SMILES string of the molecule is Cc1cc(C)c2cc(CN(CCN3CCOCC3)C(=O)Nc3ccccc3Cl)c(=O)[nH]c2c1. The van der Waals surface area contributed by atoms with Gasteiger partial charge < -0.3 is 19.9 Å². The minimum absolute atomic E-state index is 0.186. The fraction of sp³-hybridized carbons (Fsp3) is 0.360. The summed E-state index contributed by atoms with van der Waals surface area (Å²) in [6.07, 6.45) is 0. The second-order valence-corrected chi connectivity index (χ2v) is 8.86. The fourth-order valence-corrected chi connectivity index (χ4v) is 4.32. The predicted octanol–water partition coefficient (Wildman–Crippen LogP) is 4.16. The Morgan fingerprint density at radius 3 is 2.70 bits per heavy atom. The first-order valence-corrected chi connectivity index (χ1v) is 11.5. The number of anilines is 1. The van der Waals surface area contributed by atoms with Crippen molar-refractivity contribution in [2.75, 3.05) is 44.7 Å². The standard InChI is InChI=1S/C25H29ClN4O3/c1-17-13-18(2)20-15-19(24(31)27-23(20)14-17)16-30(8-7-29-9-11-33-12-10-29)25(32)28-22-6-4-3-5-21(22)26/h3-6,13-15H,7-12,16H2,1-2H3,(H,27,31)(H,28,32). The molecule has 1 aliphatic heterocycles.